The van der Waals surface area contributed by atoms with Crippen LogP contribution in [0.15, 0.2) is 48.6 Å². The highest BCUT2D eigenvalue weighted by molar-refractivity contribution is 6.30. The van der Waals surface area contributed by atoms with E-state index in [1.807, 2.05) is 24.3 Å². The van der Waals surface area contributed by atoms with Gasteiger partial charge in [-0.25, -0.2) is 0 Å². The number of cyclic esters (lactones) is 1. The van der Waals surface area contributed by atoms with E-state index < -0.39 is 35.0 Å². The van der Waals surface area contributed by atoms with E-state index in [9.17, 15) is 19.5 Å². The molecule has 36 heavy (non-hydrogen) atoms. The number of aliphatic hydroxyl groups excluding tert-OH is 1. The molecule has 1 unspecified atom stereocenters. The minimum atomic E-state index is -1.31. The van der Waals surface area contributed by atoms with Gasteiger partial charge in [-0.3, -0.25) is 14.4 Å². The Kier molecular flexibility index (Phi) is 6.70. The number of hydrogen-bond acceptors (Lipinski definition) is 6. The minimum absolute atomic E-state index is 0.0671. The van der Waals surface area contributed by atoms with Gasteiger partial charge in [-0.05, 0) is 56.9 Å². The van der Waals surface area contributed by atoms with Gasteiger partial charge in [-0.15, -0.1) is 0 Å². The molecule has 5 rings (SSSR count). The van der Waals surface area contributed by atoms with Crippen molar-refractivity contribution in [1.82, 2.24) is 4.90 Å². The zero-order chi connectivity index (χ0) is 25.5. The number of carbonyl (C=O) groups is 3. The Hall–Kier alpha value is -2.68. The Morgan fingerprint density at radius 3 is 2.56 bits per heavy atom. The molecular formula is C27H31ClN2O6. The van der Waals surface area contributed by atoms with Crippen LogP contribution in [0.2, 0.25) is 5.02 Å². The van der Waals surface area contributed by atoms with Gasteiger partial charge in [-0.1, -0.05) is 35.9 Å². The van der Waals surface area contributed by atoms with Crippen LogP contribution in [-0.4, -0.2) is 71.3 Å². The molecule has 2 amide bonds. The number of aliphatic hydroxyl groups is 1. The van der Waals surface area contributed by atoms with Crippen LogP contribution in [0.1, 0.15) is 32.6 Å². The zero-order valence-corrected chi connectivity index (χ0v) is 21.0. The average Bonchev–Trinajstić information content (AvgIpc) is 3.16. The molecule has 2 fully saturated rings. The second-order valence-electron chi connectivity index (χ2n) is 10.00. The molecule has 1 aromatic carbocycles. The number of likely N-dealkylation sites (tertiary alicyclic amines) is 1. The van der Waals surface area contributed by atoms with Crippen LogP contribution >= 0.6 is 11.6 Å². The molecule has 192 valence electrons. The average molecular weight is 515 g/mol. The van der Waals surface area contributed by atoms with Crippen molar-refractivity contribution in [3.63, 3.8) is 0 Å². The number of unbranched alkanes of at least 4 members (excludes halogenated alkanes) is 2. The highest BCUT2D eigenvalue weighted by Crippen LogP contribution is 2.57. The molecule has 1 spiro atoms. The first kappa shape index (κ1) is 25.0. The fraction of sp³-hybridized carbons (Fsp3) is 0.519. The number of amides is 2. The number of benzene rings is 1. The van der Waals surface area contributed by atoms with Crippen molar-refractivity contribution in [2.24, 2.45) is 11.8 Å². The minimum Gasteiger partial charge on any atom is -0.465 e. The van der Waals surface area contributed by atoms with Crippen LogP contribution in [0.3, 0.4) is 0 Å². The van der Waals surface area contributed by atoms with Crippen LogP contribution in [0.4, 0.5) is 5.69 Å². The number of ether oxygens (including phenoxy) is 2. The normalized spacial score (nSPS) is 33.5. The second-order valence-corrected chi connectivity index (χ2v) is 10.4. The smallest absolute Gasteiger partial charge is 0.313 e. The Morgan fingerprint density at radius 1 is 1.03 bits per heavy atom. The number of fused-ring (bicyclic) bond motifs is 2. The lowest BCUT2D eigenvalue weighted by atomic mass is 9.74. The molecule has 1 aromatic rings. The van der Waals surface area contributed by atoms with Gasteiger partial charge < -0.3 is 24.4 Å². The lowest BCUT2D eigenvalue weighted by Gasteiger charge is -2.37. The van der Waals surface area contributed by atoms with Gasteiger partial charge in [0.05, 0.1) is 18.1 Å². The molecule has 0 bridgehead atoms. The summed E-state index contributed by atoms with van der Waals surface area (Å²) in [5.41, 5.74) is -1.73. The van der Waals surface area contributed by atoms with E-state index >= 15 is 0 Å². The number of anilines is 1. The van der Waals surface area contributed by atoms with Crippen LogP contribution < -0.4 is 4.90 Å². The number of halogens is 1. The highest BCUT2D eigenvalue weighted by Gasteiger charge is 2.74. The van der Waals surface area contributed by atoms with E-state index in [1.54, 1.807) is 41.0 Å². The van der Waals surface area contributed by atoms with Gasteiger partial charge in [-0.2, -0.15) is 0 Å². The zero-order valence-electron chi connectivity index (χ0n) is 20.3. The molecule has 0 aliphatic carbocycles. The molecule has 8 nitrogen and oxygen atoms in total. The standard InChI is InChI=1S/C27H31ClN2O6/c1-26-12-3-6-17-35-25(34)21(26)20-23(32)30(14-4-2-5-16-31)22-24(33)29(15-7-13-27(20,22)36-26)19-10-8-18(28)9-11-19/h3,7-13,20-22,31H,2,4-6,14-17H2,1H3/t20-,21-,22?,26+,27-/m0/s1. The number of carbonyl (C=O) groups excluding carboxylic acids is 3. The SMILES string of the molecule is C[C@@]12C=CCCOC(=O)[C@@H]1[C@H]1C(=O)N(CCCCCO)C3C(=O)N(c4ccc(Cl)cc4)CC=C[C@@]31O2. The molecule has 1 N–H and O–H groups in total. The van der Waals surface area contributed by atoms with Gasteiger partial charge in [0.15, 0.2) is 0 Å². The van der Waals surface area contributed by atoms with Gasteiger partial charge in [0.1, 0.15) is 17.6 Å². The maximum absolute atomic E-state index is 14.2. The van der Waals surface area contributed by atoms with E-state index in [-0.39, 0.29) is 25.0 Å². The number of rotatable bonds is 6. The van der Waals surface area contributed by atoms with Gasteiger partial charge in [0.2, 0.25) is 5.91 Å². The van der Waals surface area contributed by atoms with E-state index in [2.05, 4.69) is 0 Å². The monoisotopic (exact) mass is 514 g/mol. The van der Waals surface area contributed by atoms with Gasteiger partial charge in [0, 0.05) is 30.4 Å². The van der Waals surface area contributed by atoms with Crippen molar-refractivity contribution in [1.29, 1.82) is 0 Å². The Balaban J connectivity index is 1.59. The van der Waals surface area contributed by atoms with Gasteiger partial charge in [0.25, 0.3) is 5.91 Å². The molecular weight excluding hydrogens is 484 g/mol. The summed E-state index contributed by atoms with van der Waals surface area (Å²) in [6, 6.07) is 6.05. The first-order chi connectivity index (χ1) is 17.3. The molecule has 4 heterocycles. The van der Waals surface area contributed by atoms with Crippen molar-refractivity contribution >= 4 is 35.1 Å². The Labute approximate surface area is 215 Å². The predicted octanol–water partition coefficient (Wildman–Crippen LogP) is 2.88. The number of nitrogens with zero attached hydrogens (tertiary/aromatic N) is 2. The van der Waals surface area contributed by atoms with Crippen LogP contribution in [0.5, 0.6) is 0 Å². The summed E-state index contributed by atoms with van der Waals surface area (Å²) in [7, 11) is 0. The van der Waals surface area contributed by atoms with E-state index in [0.29, 0.717) is 49.5 Å². The maximum atomic E-state index is 14.2. The summed E-state index contributed by atoms with van der Waals surface area (Å²) in [5, 5.41) is 9.74. The Morgan fingerprint density at radius 2 is 1.81 bits per heavy atom. The molecule has 0 radical (unpaired) electrons. The summed E-state index contributed by atoms with van der Waals surface area (Å²) >= 11 is 6.07. The van der Waals surface area contributed by atoms with E-state index in [4.69, 9.17) is 21.1 Å². The van der Waals surface area contributed by atoms with Crippen molar-refractivity contribution < 1.29 is 29.0 Å². The highest BCUT2D eigenvalue weighted by atomic mass is 35.5. The quantitative estimate of drug-likeness (QED) is 0.356. The maximum Gasteiger partial charge on any atom is 0.313 e. The lowest BCUT2D eigenvalue weighted by molar-refractivity contribution is -0.159. The molecule has 4 aliphatic heterocycles. The summed E-state index contributed by atoms with van der Waals surface area (Å²) in [6.45, 7) is 2.72. The predicted molar refractivity (Wildman–Crippen MR) is 133 cm³/mol. The number of esters is 1. The van der Waals surface area contributed by atoms with E-state index in [1.165, 1.54) is 0 Å². The first-order valence-corrected chi connectivity index (χ1v) is 12.9. The van der Waals surface area contributed by atoms with Crippen molar-refractivity contribution in [3.8, 4) is 0 Å². The van der Waals surface area contributed by atoms with Gasteiger partial charge >= 0.3 is 5.97 Å². The van der Waals surface area contributed by atoms with E-state index in [0.717, 1.165) is 0 Å². The van der Waals surface area contributed by atoms with Crippen molar-refractivity contribution in [3.05, 3.63) is 53.6 Å². The first-order valence-electron chi connectivity index (χ1n) is 12.5. The summed E-state index contributed by atoms with van der Waals surface area (Å²) in [5.74, 6) is -2.77. The molecule has 2 saturated heterocycles. The third kappa shape index (κ3) is 3.96. The fourth-order valence-corrected chi connectivity index (χ4v) is 6.28. The Bertz CT molecular complexity index is 1100. The molecule has 0 aromatic heterocycles. The summed E-state index contributed by atoms with van der Waals surface area (Å²) in [6.07, 6.45) is 9.92. The third-order valence-corrected chi connectivity index (χ3v) is 7.97. The van der Waals surface area contributed by atoms with Crippen molar-refractivity contribution in [2.75, 3.05) is 31.2 Å². The summed E-state index contributed by atoms with van der Waals surface area (Å²) < 4.78 is 12.2. The fourth-order valence-electron chi connectivity index (χ4n) is 6.15. The largest absolute Gasteiger partial charge is 0.465 e. The molecule has 9 heteroatoms. The second kappa shape index (κ2) is 9.65. The van der Waals surface area contributed by atoms with Crippen LogP contribution in [-0.2, 0) is 23.9 Å². The summed E-state index contributed by atoms with van der Waals surface area (Å²) in [4.78, 5) is 44.7. The van der Waals surface area contributed by atoms with Crippen LogP contribution in [0, 0.1) is 11.8 Å². The molecule has 5 atom stereocenters. The third-order valence-electron chi connectivity index (χ3n) is 7.72. The number of hydrogen-bond donors (Lipinski definition) is 1. The lowest BCUT2D eigenvalue weighted by Crippen LogP contribution is -2.56. The molecule has 4 aliphatic rings. The van der Waals surface area contributed by atoms with Crippen LogP contribution in [0.25, 0.3) is 0 Å². The topological polar surface area (TPSA) is 96.4 Å². The molecule has 0 saturated carbocycles. The van der Waals surface area contributed by atoms with Crippen molar-refractivity contribution in [2.45, 2.75) is 49.9 Å².